The average molecular weight is 357 g/mol. The Hall–Kier alpha value is -2.37. The Morgan fingerprint density at radius 2 is 2.16 bits per heavy atom. The number of carbonyl (C=O) groups excluding carboxylic acids is 1. The van der Waals surface area contributed by atoms with Crippen LogP contribution in [0.4, 0.5) is 0 Å². The molecule has 0 radical (unpaired) electrons. The lowest BCUT2D eigenvalue weighted by molar-refractivity contribution is -0.0978. The molecule has 1 fully saturated rings. The van der Waals surface area contributed by atoms with Gasteiger partial charge >= 0.3 is 0 Å². The van der Waals surface area contributed by atoms with E-state index in [9.17, 15) is 4.79 Å². The van der Waals surface area contributed by atoms with Crippen LogP contribution in [0.25, 0.3) is 22.4 Å². The molecule has 0 atom stereocenters. The molecule has 5 nitrogen and oxygen atoms in total. The molecule has 3 aromatic rings. The number of halogens is 1. The molecule has 0 aliphatic carbocycles. The maximum atomic E-state index is 12.8. The predicted octanol–water partition coefficient (Wildman–Crippen LogP) is 3.91. The van der Waals surface area contributed by atoms with Crippen molar-refractivity contribution in [3.63, 3.8) is 0 Å². The van der Waals surface area contributed by atoms with Crippen molar-refractivity contribution in [2.75, 3.05) is 19.8 Å². The topological polar surface area (TPSA) is 64.4 Å². The summed E-state index contributed by atoms with van der Waals surface area (Å²) in [7, 11) is 0. The van der Waals surface area contributed by atoms with Gasteiger partial charge < -0.3 is 14.5 Å². The van der Waals surface area contributed by atoms with Gasteiger partial charge in [0.15, 0.2) is 5.76 Å². The molecule has 1 N–H and O–H groups in total. The second kappa shape index (κ2) is 6.17. The zero-order chi connectivity index (χ0) is 17.4. The summed E-state index contributed by atoms with van der Waals surface area (Å²) in [5.41, 5.74) is 1.69. The summed E-state index contributed by atoms with van der Waals surface area (Å²) in [4.78, 5) is 17.4. The molecular weight excluding hydrogens is 340 g/mol. The minimum Gasteiger partial charge on any atom is -0.463 e. The fourth-order valence-electron chi connectivity index (χ4n) is 2.89. The average Bonchev–Trinajstić information content (AvgIpc) is 3.12. The number of amides is 1. The van der Waals surface area contributed by atoms with Crippen LogP contribution in [0.2, 0.25) is 5.02 Å². The molecule has 4 rings (SSSR count). The first-order valence-corrected chi connectivity index (χ1v) is 8.43. The van der Waals surface area contributed by atoms with Gasteiger partial charge in [-0.3, -0.25) is 4.79 Å². The standard InChI is InChI=1S/C19H17ClN2O3/c1-19(10-24-11-19)9-21-18(23)13-8-15(16-6-3-7-25-16)22-17-12(13)4-2-5-14(17)20/h2-8H,9-11H2,1H3,(H,21,23). The lowest BCUT2D eigenvalue weighted by Gasteiger charge is -2.38. The number of nitrogens with zero attached hydrogens (tertiary/aromatic N) is 1. The molecule has 1 saturated heterocycles. The summed E-state index contributed by atoms with van der Waals surface area (Å²) >= 11 is 6.31. The summed E-state index contributed by atoms with van der Waals surface area (Å²) in [6.45, 7) is 3.97. The van der Waals surface area contributed by atoms with Gasteiger partial charge in [-0.25, -0.2) is 4.98 Å². The Morgan fingerprint density at radius 3 is 2.84 bits per heavy atom. The van der Waals surface area contributed by atoms with Gasteiger partial charge in [0.2, 0.25) is 0 Å². The molecule has 0 unspecified atom stereocenters. The van der Waals surface area contributed by atoms with Crippen molar-refractivity contribution in [3.05, 3.63) is 53.2 Å². The lowest BCUT2D eigenvalue weighted by Crippen LogP contribution is -2.48. The van der Waals surface area contributed by atoms with E-state index in [0.29, 0.717) is 47.3 Å². The first kappa shape index (κ1) is 16.1. The fraction of sp³-hybridized carbons (Fsp3) is 0.263. The minimum atomic E-state index is -0.157. The van der Waals surface area contributed by atoms with Crippen LogP contribution in [0.5, 0.6) is 0 Å². The second-order valence-corrected chi connectivity index (χ2v) is 7.06. The molecule has 3 heterocycles. The highest BCUT2D eigenvalue weighted by molar-refractivity contribution is 6.35. The molecule has 128 valence electrons. The molecule has 1 aliphatic heterocycles. The Balaban J connectivity index is 1.75. The number of pyridine rings is 1. The van der Waals surface area contributed by atoms with Crippen LogP contribution in [0.3, 0.4) is 0 Å². The van der Waals surface area contributed by atoms with Crippen molar-refractivity contribution in [1.29, 1.82) is 0 Å². The molecule has 0 spiro atoms. The van der Waals surface area contributed by atoms with Crippen LogP contribution in [0, 0.1) is 5.41 Å². The molecule has 1 amide bonds. The number of nitrogens with one attached hydrogen (secondary N) is 1. The van der Waals surface area contributed by atoms with Crippen molar-refractivity contribution in [1.82, 2.24) is 10.3 Å². The van der Waals surface area contributed by atoms with Crippen molar-refractivity contribution in [2.45, 2.75) is 6.92 Å². The number of hydrogen-bond donors (Lipinski definition) is 1. The van der Waals surface area contributed by atoms with Crippen LogP contribution >= 0.6 is 11.6 Å². The van der Waals surface area contributed by atoms with Gasteiger partial charge in [-0.1, -0.05) is 30.7 Å². The third kappa shape index (κ3) is 3.01. The summed E-state index contributed by atoms with van der Waals surface area (Å²) < 4.78 is 10.7. The van der Waals surface area contributed by atoms with Crippen LogP contribution in [0.15, 0.2) is 47.1 Å². The first-order valence-electron chi connectivity index (χ1n) is 8.05. The smallest absolute Gasteiger partial charge is 0.252 e. The molecule has 0 saturated carbocycles. The number of rotatable bonds is 4. The van der Waals surface area contributed by atoms with Gasteiger partial charge in [0, 0.05) is 17.3 Å². The number of benzene rings is 1. The molecule has 0 bridgehead atoms. The maximum Gasteiger partial charge on any atom is 0.252 e. The summed E-state index contributed by atoms with van der Waals surface area (Å²) in [5, 5.41) is 4.22. The number of fused-ring (bicyclic) bond motifs is 1. The van der Waals surface area contributed by atoms with E-state index in [4.69, 9.17) is 20.8 Å². The number of aromatic nitrogens is 1. The van der Waals surface area contributed by atoms with Gasteiger partial charge in [0.1, 0.15) is 5.69 Å². The van der Waals surface area contributed by atoms with Crippen molar-refractivity contribution in [2.24, 2.45) is 5.41 Å². The molecule has 1 aromatic carbocycles. The van der Waals surface area contributed by atoms with Gasteiger partial charge in [0.05, 0.1) is 35.6 Å². The van der Waals surface area contributed by atoms with E-state index in [1.807, 2.05) is 12.1 Å². The number of furan rings is 1. The van der Waals surface area contributed by atoms with Crippen molar-refractivity contribution < 1.29 is 13.9 Å². The first-order chi connectivity index (χ1) is 12.1. The molecular formula is C19H17ClN2O3. The van der Waals surface area contributed by atoms with E-state index in [0.717, 1.165) is 5.39 Å². The van der Waals surface area contributed by atoms with E-state index in [-0.39, 0.29) is 11.3 Å². The van der Waals surface area contributed by atoms with Crippen molar-refractivity contribution in [3.8, 4) is 11.5 Å². The molecule has 1 aliphatic rings. The lowest BCUT2D eigenvalue weighted by atomic mass is 9.88. The van der Waals surface area contributed by atoms with Crippen LogP contribution in [-0.4, -0.2) is 30.6 Å². The van der Waals surface area contributed by atoms with E-state index in [2.05, 4.69) is 17.2 Å². The third-order valence-corrected chi connectivity index (χ3v) is 4.69. The van der Waals surface area contributed by atoms with Gasteiger partial charge in [-0.05, 0) is 24.3 Å². The highest BCUT2D eigenvalue weighted by Gasteiger charge is 2.33. The Bertz CT molecular complexity index is 933. The minimum absolute atomic E-state index is 0.0000195. The molecule has 25 heavy (non-hydrogen) atoms. The van der Waals surface area contributed by atoms with Gasteiger partial charge in [-0.2, -0.15) is 0 Å². The predicted molar refractivity (Wildman–Crippen MR) is 95.7 cm³/mol. The van der Waals surface area contributed by atoms with Crippen LogP contribution in [0.1, 0.15) is 17.3 Å². The van der Waals surface area contributed by atoms with Crippen LogP contribution < -0.4 is 5.32 Å². The second-order valence-electron chi connectivity index (χ2n) is 6.65. The zero-order valence-electron chi connectivity index (χ0n) is 13.7. The fourth-order valence-corrected chi connectivity index (χ4v) is 3.11. The summed E-state index contributed by atoms with van der Waals surface area (Å²) in [6.07, 6.45) is 1.57. The molecule has 6 heteroatoms. The Kier molecular flexibility index (Phi) is 3.98. The highest BCUT2D eigenvalue weighted by atomic mass is 35.5. The highest BCUT2D eigenvalue weighted by Crippen LogP contribution is 2.30. The number of carbonyl (C=O) groups is 1. The maximum absolute atomic E-state index is 12.8. The Morgan fingerprint density at radius 1 is 1.32 bits per heavy atom. The van der Waals surface area contributed by atoms with Crippen molar-refractivity contribution >= 4 is 28.4 Å². The van der Waals surface area contributed by atoms with Gasteiger partial charge in [-0.15, -0.1) is 0 Å². The third-order valence-electron chi connectivity index (χ3n) is 4.39. The largest absolute Gasteiger partial charge is 0.463 e. The Labute approximate surface area is 149 Å². The zero-order valence-corrected chi connectivity index (χ0v) is 14.5. The monoisotopic (exact) mass is 356 g/mol. The van der Waals surface area contributed by atoms with Gasteiger partial charge in [0.25, 0.3) is 5.91 Å². The normalized spacial score (nSPS) is 15.8. The molecule has 2 aromatic heterocycles. The van der Waals surface area contributed by atoms with E-state index in [1.165, 1.54) is 0 Å². The van der Waals surface area contributed by atoms with E-state index in [1.54, 1.807) is 30.5 Å². The number of para-hydroxylation sites is 1. The number of hydrogen-bond acceptors (Lipinski definition) is 4. The van der Waals surface area contributed by atoms with Crippen LogP contribution in [-0.2, 0) is 4.74 Å². The SMILES string of the molecule is CC1(CNC(=O)c2cc(-c3ccco3)nc3c(Cl)cccc23)COC1. The summed E-state index contributed by atoms with van der Waals surface area (Å²) in [6, 6.07) is 10.8. The number of ether oxygens (including phenoxy) is 1. The van der Waals surface area contributed by atoms with E-state index < -0.39 is 0 Å². The van der Waals surface area contributed by atoms with E-state index >= 15 is 0 Å². The summed E-state index contributed by atoms with van der Waals surface area (Å²) in [5.74, 6) is 0.436. The quantitative estimate of drug-likeness (QED) is 0.769.